The van der Waals surface area contributed by atoms with Crippen LogP contribution in [0, 0.1) is 44.6 Å². The van der Waals surface area contributed by atoms with E-state index in [0.717, 1.165) is 31.4 Å². The van der Waals surface area contributed by atoms with Gasteiger partial charge in [0.15, 0.2) is 5.75 Å². The molecule has 0 heterocycles. The van der Waals surface area contributed by atoms with Gasteiger partial charge >= 0.3 is 5.97 Å². The number of hydrogen-bond donors (Lipinski definition) is 0. The molecular formula is C27H35ClN2O5. The Balaban J connectivity index is 1.29. The highest BCUT2D eigenvalue weighted by atomic mass is 35.5. The zero-order valence-electron chi connectivity index (χ0n) is 20.6. The van der Waals surface area contributed by atoms with Crippen LogP contribution in [-0.2, 0) is 9.53 Å². The molecule has 4 saturated carbocycles. The van der Waals surface area contributed by atoms with Gasteiger partial charge in [0.05, 0.1) is 22.6 Å². The van der Waals surface area contributed by atoms with Gasteiger partial charge in [-0.05, 0) is 92.6 Å². The molecule has 0 aliphatic heterocycles. The second kappa shape index (κ2) is 9.38. The number of carbonyl (C=O) groups excluding carboxylic acids is 1. The van der Waals surface area contributed by atoms with Crippen LogP contribution in [0.1, 0.15) is 71.6 Å². The number of nitro groups is 1. The smallest absolute Gasteiger partial charge is 0.302 e. The van der Waals surface area contributed by atoms with Gasteiger partial charge in [0.25, 0.3) is 5.69 Å². The Morgan fingerprint density at radius 1 is 1.17 bits per heavy atom. The van der Waals surface area contributed by atoms with Gasteiger partial charge in [-0.3, -0.25) is 14.9 Å². The molecule has 0 saturated heterocycles. The van der Waals surface area contributed by atoms with Gasteiger partial charge < -0.3 is 9.57 Å². The van der Waals surface area contributed by atoms with E-state index in [4.69, 9.17) is 21.2 Å². The Kier molecular flexibility index (Phi) is 6.58. The standard InChI is InChI=1S/C27H35ClN2O5/c1-17(31)34-16-27-12-3-4-23(27)21-10-5-18-14-25(24(28)15-26(18,2)22(21)11-13-27)29-35-20-8-6-19(7-9-20)30(32)33/h6-9,18,21-24H,3-5,10-16H2,1-2H3/t18-,21+,22-,23-,24+,26-,27-/m0/s1. The van der Waals surface area contributed by atoms with Crippen molar-refractivity contribution in [2.24, 2.45) is 39.7 Å². The second-order valence-corrected chi connectivity index (χ2v) is 12.1. The molecule has 190 valence electrons. The third-order valence-electron chi connectivity index (χ3n) is 9.91. The summed E-state index contributed by atoms with van der Waals surface area (Å²) in [5, 5.41) is 15.1. The van der Waals surface area contributed by atoms with E-state index in [1.54, 1.807) is 12.1 Å². The molecule has 7 nitrogen and oxygen atoms in total. The minimum atomic E-state index is -0.431. The molecule has 35 heavy (non-hydrogen) atoms. The molecule has 1 aromatic carbocycles. The highest BCUT2D eigenvalue weighted by molar-refractivity contribution is 6.32. The van der Waals surface area contributed by atoms with Gasteiger partial charge in [-0.1, -0.05) is 18.5 Å². The highest BCUT2D eigenvalue weighted by Crippen LogP contribution is 2.66. The first-order valence-electron chi connectivity index (χ1n) is 13.0. The molecule has 8 heteroatoms. The SMILES string of the molecule is CC(=O)OC[C@@]12CCC[C@H]1[C@@H]1CC[C@H]3CC(=NOc4ccc([N+](=O)[O-])cc4)[C@H](Cl)C[C@]3(C)[C@H]1CC2. The minimum absolute atomic E-state index is 0.0250. The minimum Gasteiger partial charge on any atom is -0.465 e. The van der Waals surface area contributed by atoms with Gasteiger partial charge in [-0.15, -0.1) is 11.6 Å². The number of nitrogens with zero attached hydrogens (tertiary/aromatic N) is 2. The van der Waals surface area contributed by atoms with Crippen LogP contribution in [-0.4, -0.2) is 28.6 Å². The summed E-state index contributed by atoms with van der Waals surface area (Å²) in [6.07, 6.45) is 10.1. The Morgan fingerprint density at radius 3 is 2.66 bits per heavy atom. The van der Waals surface area contributed by atoms with Crippen LogP contribution in [0.5, 0.6) is 5.75 Å². The fraction of sp³-hybridized carbons (Fsp3) is 0.704. The van der Waals surface area contributed by atoms with E-state index in [1.807, 2.05) is 0 Å². The van der Waals surface area contributed by atoms with E-state index in [-0.39, 0.29) is 27.9 Å². The lowest BCUT2D eigenvalue weighted by Gasteiger charge is -2.60. The maximum Gasteiger partial charge on any atom is 0.302 e. The summed E-state index contributed by atoms with van der Waals surface area (Å²) >= 11 is 6.92. The van der Waals surface area contributed by atoms with Crippen LogP contribution in [0.4, 0.5) is 5.69 Å². The van der Waals surface area contributed by atoms with E-state index in [0.29, 0.717) is 36.0 Å². The summed E-state index contributed by atoms with van der Waals surface area (Å²) in [6, 6.07) is 5.96. The van der Waals surface area contributed by atoms with E-state index < -0.39 is 4.92 Å². The van der Waals surface area contributed by atoms with Crippen molar-refractivity contribution in [1.29, 1.82) is 0 Å². The van der Waals surface area contributed by atoms with Gasteiger partial charge in [0.2, 0.25) is 0 Å². The molecule has 0 aromatic heterocycles. The van der Waals surface area contributed by atoms with Crippen molar-refractivity contribution in [3.05, 3.63) is 34.4 Å². The zero-order chi connectivity index (χ0) is 24.8. The van der Waals surface area contributed by atoms with E-state index in [1.165, 1.54) is 51.2 Å². The molecular weight excluding hydrogens is 468 g/mol. The molecule has 0 bridgehead atoms. The molecule has 0 amide bonds. The van der Waals surface area contributed by atoms with Crippen molar-refractivity contribution in [3.63, 3.8) is 0 Å². The number of esters is 1. The van der Waals surface area contributed by atoms with Crippen molar-refractivity contribution in [2.45, 2.75) is 77.0 Å². The summed E-state index contributed by atoms with van der Waals surface area (Å²) in [7, 11) is 0. The number of alkyl halides is 1. The number of hydrogen-bond acceptors (Lipinski definition) is 6. The van der Waals surface area contributed by atoms with Crippen molar-refractivity contribution >= 4 is 29.0 Å². The quantitative estimate of drug-likeness (QED) is 0.198. The number of nitro benzene ring substituents is 1. The monoisotopic (exact) mass is 502 g/mol. The molecule has 4 aliphatic carbocycles. The summed E-state index contributed by atoms with van der Waals surface area (Å²) in [5.41, 5.74) is 1.26. The van der Waals surface area contributed by atoms with Gasteiger partial charge in [-0.25, -0.2) is 0 Å². The molecule has 1 aromatic rings. The molecule has 7 atom stereocenters. The molecule has 0 N–H and O–H groups in total. The number of halogens is 1. The average molecular weight is 503 g/mol. The van der Waals surface area contributed by atoms with Crippen LogP contribution in [0.25, 0.3) is 0 Å². The number of carbonyl (C=O) groups is 1. The lowest BCUT2D eigenvalue weighted by atomic mass is 9.45. The van der Waals surface area contributed by atoms with Crippen molar-refractivity contribution in [2.75, 3.05) is 6.61 Å². The molecule has 4 aliphatic rings. The third-order valence-corrected chi connectivity index (χ3v) is 10.3. The summed E-state index contributed by atoms with van der Waals surface area (Å²) in [5.74, 6) is 2.81. The van der Waals surface area contributed by atoms with E-state index in [2.05, 4.69) is 12.1 Å². The Morgan fingerprint density at radius 2 is 1.94 bits per heavy atom. The molecule has 5 rings (SSSR count). The topological polar surface area (TPSA) is 91.0 Å². The Labute approximate surface area is 211 Å². The first-order valence-corrected chi connectivity index (χ1v) is 13.4. The number of oxime groups is 1. The predicted molar refractivity (Wildman–Crippen MR) is 133 cm³/mol. The number of rotatable bonds is 5. The van der Waals surface area contributed by atoms with E-state index >= 15 is 0 Å². The van der Waals surface area contributed by atoms with Crippen molar-refractivity contribution in [1.82, 2.24) is 0 Å². The van der Waals surface area contributed by atoms with Crippen molar-refractivity contribution < 1.29 is 19.3 Å². The lowest BCUT2D eigenvalue weighted by molar-refractivity contribution is -0.384. The first kappa shape index (κ1) is 24.5. The second-order valence-electron chi connectivity index (χ2n) is 11.5. The summed E-state index contributed by atoms with van der Waals surface area (Å²) < 4.78 is 5.59. The zero-order valence-corrected chi connectivity index (χ0v) is 21.3. The fourth-order valence-electron chi connectivity index (χ4n) is 8.20. The van der Waals surface area contributed by atoms with Gasteiger partial charge in [0.1, 0.15) is 0 Å². The first-order chi connectivity index (χ1) is 16.7. The molecule has 0 radical (unpaired) electrons. The van der Waals surface area contributed by atoms with Crippen molar-refractivity contribution in [3.8, 4) is 5.75 Å². The van der Waals surface area contributed by atoms with Gasteiger partial charge in [-0.2, -0.15) is 0 Å². The molecule has 0 spiro atoms. The maximum absolute atomic E-state index is 11.6. The average Bonchev–Trinajstić information content (AvgIpc) is 3.26. The largest absolute Gasteiger partial charge is 0.465 e. The van der Waals surface area contributed by atoms with Crippen LogP contribution in [0.2, 0.25) is 0 Å². The van der Waals surface area contributed by atoms with Gasteiger partial charge in [0, 0.05) is 24.5 Å². The number of fused-ring (bicyclic) bond motifs is 5. The molecule has 4 fully saturated rings. The summed E-state index contributed by atoms with van der Waals surface area (Å²) in [6.45, 7) is 4.56. The predicted octanol–water partition coefficient (Wildman–Crippen LogP) is 6.52. The van der Waals surface area contributed by atoms with Crippen LogP contribution < -0.4 is 4.84 Å². The lowest BCUT2D eigenvalue weighted by Crippen LogP contribution is -2.55. The highest BCUT2D eigenvalue weighted by Gasteiger charge is 2.60. The normalized spacial score (nSPS) is 39.3. The number of benzene rings is 1. The van der Waals surface area contributed by atoms with Crippen LogP contribution in [0.3, 0.4) is 0 Å². The van der Waals surface area contributed by atoms with Crippen LogP contribution >= 0.6 is 11.6 Å². The van der Waals surface area contributed by atoms with E-state index in [9.17, 15) is 14.9 Å². The Bertz CT molecular complexity index is 1010. The maximum atomic E-state index is 11.6. The summed E-state index contributed by atoms with van der Waals surface area (Å²) in [4.78, 5) is 27.6. The number of ether oxygens (including phenoxy) is 1. The molecule has 0 unspecified atom stereocenters. The third kappa shape index (κ3) is 4.45. The van der Waals surface area contributed by atoms with Crippen LogP contribution in [0.15, 0.2) is 29.4 Å². The Hall–Kier alpha value is -2.15. The fourth-order valence-corrected chi connectivity index (χ4v) is 8.66. The number of non-ortho nitro benzene ring substituents is 1.